The summed E-state index contributed by atoms with van der Waals surface area (Å²) in [5.74, 6) is -0.790. The molecule has 1 saturated heterocycles. The van der Waals surface area contributed by atoms with Crippen LogP contribution in [0.25, 0.3) is 11.0 Å². The quantitative estimate of drug-likeness (QED) is 0.892. The molecule has 0 amide bonds. The molecular formula is C15H19N3O2. The highest BCUT2D eigenvalue weighted by Crippen LogP contribution is 2.18. The fourth-order valence-corrected chi connectivity index (χ4v) is 2.83. The van der Waals surface area contributed by atoms with Crippen molar-refractivity contribution in [1.29, 1.82) is 0 Å². The van der Waals surface area contributed by atoms with Crippen LogP contribution in [0.4, 0.5) is 0 Å². The third kappa shape index (κ3) is 2.82. The normalized spacial score (nSPS) is 17.6. The molecule has 0 spiro atoms. The Labute approximate surface area is 117 Å². The average Bonchev–Trinajstić information content (AvgIpc) is 2.93. The van der Waals surface area contributed by atoms with Crippen LogP contribution in [0, 0.1) is 5.92 Å². The summed E-state index contributed by atoms with van der Waals surface area (Å²) in [7, 11) is 0. The molecule has 2 aromatic rings. The smallest absolute Gasteiger partial charge is 0.306 e. The van der Waals surface area contributed by atoms with Gasteiger partial charge in [-0.05, 0) is 50.0 Å². The molecule has 1 aromatic carbocycles. The zero-order valence-corrected chi connectivity index (χ0v) is 11.4. The van der Waals surface area contributed by atoms with E-state index in [2.05, 4.69) is 27.0 Å². The van der Waals surface area contributed by atoms with Crippen LogP contribution < -0.4 is 0 Å². The summed E-state index contributed by atoms with van der Waals surface area (Å²) in [6.45, 7) is 2.78. The summed E-state index contributed by atoms with van der Waals surface area (Å²) < 4.78 is 0. The summed E-state index contributed by atoms with van der Waals surface area (Å²) in [6.07, 6.45) is 4.25. The van der Waals surface area contributed by atoms with Crippen molar-refractivity contribution in [2.24, 2.45) is 5.92 Å². The van der Waals surface area contributed by atoms with Crippen molar-refractivity contribution < 1.29 is 9.90 Å². The van der Waals surface area contributed by atoms with E-state index < -0.39 is 5.97 Å². The number of carboxylic acids is 1. The zero-order chi connectivity index (χ0) is 13.9. The van der Waals surface area contributed by atoms with Gasteiger partial charge in [-0.15, -0.1) is 0 Å². The van der Waals surface area contributed by atoms with E-state index in [0.29, 0.717) is 0 Å². The van der Waals surface area contributed by atoms with Crippen LogP contribution in [0.3, 0.4) is 0 Å². The van der Waals surface area contributed by atoms with E-state index in [4.69, 9.17) is 5.11 Å². The molecule has 0 bridgehead atoms. The second kappa shape index (κ2) is 5.63. The van der Waals surface area contributed by atoms with Crippen molar-refractivity contribution in [2.75, 3.05) is 19.6 Å². The molecule has 1 aliphatic rings. The molecule has 0 radical (unpaired) electrons. The maximum atomic E-state index is 10.9. The van der Waals surface area contributed by atoms with Gasteiger partial charge < -0.3 is 15.0 Å². The van der Waals surface area contributed by atoms with Gasteiger partial charge in [0.25, 0.3) is 0 Å². The number of aliphatic carboxylic acids is 1. The van der Waals surface area contributed by atoms with E-state index in [1.54, 1.807) is 6.33 Å². The standard InChI is InChI=1S/C15H19N3O2/c19-15(20)12-4-7-18(8-5-12)6-3-11-1-2-13-14(9-11)17-10-16-13/h1-2,9-10,12H,3-8H2,(H,16,17)(H,19,20). The molecular weight excluding hydrogens is 254 g/mol. The molecule has 0 saturated carbocycles. The largest absolute Gasteiger partial charge is 0.481 e. The molecule has 3 rings (SSSR count). The number of piperidine rings is 1. The Bertz CT molecular complexity index is 600. The molecule has 1 aliphatic heterocycles. The number of H-pyrrole nitrogens is 1. The van der Waals surface area contributed by atoms with Crippen LogP contribution in [0.15, 0.2) is 24.5 Å². The van der Waals surface area contributed by atoms with Crippen molar-refractivity contribution in [3.8, 4) is 0 Å². The van der Waals surface area contributed by atoms with E-state index >= 15 is 0 Å². The lowest BCUT2D eigenvalue weighted by Crippen LogP contribution is -2.37. The van der Waals surface area contributed by atoms with Crippen molar-refractivity contribution in [3.63, 3.8) is 0 Å². The lowest BCUT2D eigenvalue weighted by atomic mass is 9.97. The molecule has 5 heteroatoms. The van der Waals surface area contributed by atoms with Crippen LogP contribution in [0.5, 0.6) is 0 Å². The summed E-state index contributed by atoms with van der Waals surface area (Å²) in [4.78, 5) is 20.6. The minimum absolute atomic E-state index is 0.146. The number of likely N-dealkylation sites (tertiary alicyclic amines) is 1. The highest BCUT2D eigenvalue weighted by atomic mass is 16.4. The second-order valence-electron chi connectivity index (χ2n) is 5.46. The van der Waals surface area contributed by atoms with Gasteiger partial charge in [0.05, 0.1) is 23.3 Å². The number of hydrogen-bond donors (Lipinski definition) is 2. The predicted molar refractivity (Wildman–Crippen MR) is 76.6 cm³/mol. The lowest BCUT2D eigenvalue weighted by molar-refractivity contribution is -0.143. The number of nitrogens with one attached hydrogen (secondary N) is 1. The minimum Gasteiger partial charge on any atom is -0.481 e. The number of hydrogen-bond acceptors (Lipinski definition) is 3. The van der Waals surface area contributed by atoms with E-state index in [9.17, 15) is 4.79 Å². The fraction of sp³-hybridized carbons (Fsp3) is 0.467. The second-order valence-corrected chi connectivity index (χ2v) is 5.46. The number of carbonyl (C=O) groups is 1. The Balaban J connectivity index is 1.53. The van der Waals surface area contributed by atoms with Gasteiger partial charge in [0.15, 0.2) is 0 Å². The Morgan fingerprint density at radius 2 is 2.20 bits per heavy atom. The molecule has 20 heavy (non-hydrogen) atoms. The van der Waals surface area contributed by atoms with Gasteiger partial charge in [-0.25, -0.2) is 4.98 Å². The van der Waals surface area contributed by atoms with Gasteiger partial charge in [0.2, 0.25) is 0 Å². The first kappa shape index (κ1) is 13.1. The highest BCUT2D eigenvalue weighted by molar-refractivity contribution is 5.75. The van der Waals surface area contributed by atoms with Gasteiger partial charge in [0, 0.05) is 6.54 Å². The molecule has 0 unspecified atom stereocenters. The maximum Gasteiger partial charge on any atom is 0.306 e. The molecule has 0 aliphatic carbocycles. The Kier molecular flexibility index (Phi) is 3.69. The molecule has 2 N–H and O–H groups in total. The van der Waals surface area contributed by atoms with Gasteiger partial charge >= 0.3 is 5.97 Å². The third-order valence-electron chi connectivity index (χ3n) is 4.14. The average molecular weight is 273 g/mol. The van der Waals surface area contributed by atoms with E-state index in [1.807, 2.05) is 6.07 Å². The Morgan fingerprint density at radius 1 is 1.40 bits per heavy atom. The van der Waals surface area contributed by atoms with Crippen molar-refractivity contribution in [3.05, 3.63) is 30.1 Å². The molecule has 0 atom stereocenters. The first-order valence-corrected chi connectivity index (χ1v) is 7.09. The topological polar surface area (TPSA) is 69.2 Å². The molecule has 5 nitrogen and oxygen atoms in total. The van der Waals surface area contributed by atoms with Crippen LogP contribution in [-0.4, -0.2) is 45.6 Å². The van der Waals surface area contributed by atoms with Gasteiger partial charge in [-0.3, -0.25) is 4.79 Å². The number of imidazole rings is 1. The summed E-state index contributed by atoms with van der Waals surface area (Å²) in [6, 6.07) is 6.30. The van der Waals surface area contributed by atoms with Gasteiger partial charge in [0.1, 0.15) is 0 Å². The minimum atomic E-state index is -0.644. The summed E-state index contributed by atoms with van der Waals surface area (Å²) in [5.41, 5.74) is 3.37. The van der Waals surface area contributed by atoms with Crippen LogP contribution >= 0.6 is 0 Å². The van der Waals surface area contributed by atoms with Crippen molar-refractivity contribution >= 4 is 17.0 Å². The number of nitrogens with zero attached hydrogens (tertiary/aromatic N) is 2. The monoisotopic (exact) mass is 273 g/mol. The molecule has 106 valence electrons. The van der Waals surface area contributed by atoms with Crippen LogP contribution in [-0.2, 0) is 11.2 Å². The summed E-state index contributed by atoms with van der Waals surface area (Å²) in [5, 5.41) is 8.98. The number of aromatic nitrogens is 2. The zero-order valence-electron chi connectivity index (χ0n) is 11.4. The SMILES string of the molecule is O=C(O)C1CCN(CCc2ccc3nc[nH]c3c2)CC1. The molecule has 1 fully saturated rings. The predicted octanol–water partition coefficient (Wildman–Crippen LogP) is 1.90. The van der Waals surface area contributed by atoms with E-state index in [1.165, 1.54) is 5.56 Å². The maximum absolute atomic E-state index is 10.9. The highest BCUT2D eigenvalue weighted by Gasteiger charge is 2.23. The number of aromatic amines is 1. The first-order chi connectivity index (χ1) is 9.72. The fourth-order valence-electron chi connectivity index (χ4n) is 2.83. The van der Waals surface area contributed by atoms with E-state index in [0.717, 1.165) is 49.9 Å². The number of carboxylic acid groups (broad SMARTS) is 1. The van der Waals surface area contributed by atoms with E-state index in [-0.39, 0.29) is 5.92 Å². The van der Waals surface area contributed by atoms with Gasteiger partial charge in [-0.2, -0.15) is 0 Å². The number of fused-ring (bicyclic) bond motifs is 1. The lowest BCUT2D eigenvalue weighted by Gasteiger charge is -2.29. The first-order valence-electron chi connectivity index (χ1n) is 7.09. The number of benzene rings is 1. The van der Waals surface area contributed by atoms with Crippen molar-refractivity contribution in [1.82, 2.24) is 14.9 Å². The van der Waals surface area contributed by atoms with Crippen molar-refractivity contribution in [2.45, 2.75) is 19.3 Å². The Hall–Kier alpha value is -1.88. The summed E-state index contributed by atoms with van der Waals surface area (Å²) >= 11 is 0. The molecule has 2 heterocycles. The molecule has 1 aromatic heterocycles. The van der Waals surface area contributed by atoms with Crippen LogP contribution in [0.2, 0.25) is 0 Å². The van der Waals surface area contributed by atoms with Gasteiger partial charge in [-0.1, -0.05) is 6.07 Å². The number of rotatable bonds is 4. The Morgan fingerprint density at radius 3 is 2.95 bits per heavy atom. The third-order valence-corrected chi connectivity index (χ3v) is 4.14. The van der Waals surface area contributed by atoms with Crippen LogP contribution in [0.1, 0.15) is 18.4 Å².